The van der Waals surface area contributed by atoms with Crippen LogP contribution in [-0.4, -0.2) is 42.3 Å². The van der Waals surface area contributed by atoms with Gasteiger partial charge < -0.3 is 14.4 Å². The third-order valence-corrected chi connectivity index (χ3v) is 5.36. The normalized spacial score (nSPS) is 13.1. The molecule has 7 heteroatoms. The van der Waals surface area contributed by atoms with Gasteiger partial charge in [-0.3, -0.25) is 9.59 Å². The van der Waals surface area contributed by atoms with Gasteiger partial charge in [0.2, 0.25) is 0 Å². The number of thioether (sulfide) groups is 1. The molecule has 0 N–H and O–H groups in total. The zero-order valence-corrected chi connectivity index (χ0v) is 16.4. The molecule has 0 aromatic heterocycles. The van der Waals surface area contributed by atoms with Crippen molar-refractivity contribution in [2.24, 2.45) is 0 Å². The van der Waals surface area contributed by atoms with E-state index in [4.69, 9.17) is 9.47 Å². The summed E-state index contributed by atoms with van der Waals surface area (Å²) in [6, 6.07) is 13.8. The van der Waals surface area contributed by atoms with Gasteiger partial charge in [0.25, 0.3) is 5.91 Å². The van der Waals surface area contributed by atoms with Crippen LogP contribution in [0.2, 0.25) is 0 Å². The summed E-state index contributed by atoms with van der Waals surface area (Å²) in [4.78, 5) is 27.0. The van der Waals surface area contributed by atoms with Crippen molar-refractivity contribution in [2.75, 3.05) is 19.5 Å². The highest BCUT2D eigenvalue weighted by Crippen LogP contribution is 2.29. The second-order valence-corrected chi connectivity index (χ2v) is 7.52. The zero-order valence-electron chi connectivity index (χ0n) is 15.6. The van der Waals surface area contributed by atoms with Crippen LogP contribution in [0.3, 0.4) is 0 Å². The Morgan fingerprint density at radius 1 is 1.14 bits per heavy atom. The molecule has 3 rings (SSSR count). The largest absolute Gasteiger partial charge is 0.497 e. The fourth-order valence-electron chi connectivity index (χ4n) is 2.70. The molecular weight excluding hydrogens is 381 g/mol. The SMILES string of the molecule is COc1ccc(SCC(=O)OCC(=O)N(Cc2ccccc2F)C2CC2)cc1. The smallest absolute Gasteiger partial charge is 0.316 e. The number of halogens is 1. The Kier molecular flexibility index (Phi) is 6.92. The third-order valence-electron chi connectivity index (χ3n) is 4.38. The number of carbonyl (C=O) groups excluding carboxylic acids is 2. The molecule has 0 bridgehead atoms. The molecule has 2 aromatic rings. The maximum Gasteiger partial charge on any atom is 0.316 e. The average Bonchev–Trinajstić information content (AvgIpc) is 3.55. The molecule has 1 amide bonds. The summed E-state index contributed by atoms with van der Waals surface area (Å²) in [7, 11) is 1.59. The topological polar surface area (TPSA) is 55.8 Å². The van der Waals surface area contributed by atoms with Crippen LogP contribution < -0.4 is 4.74 Å². The maximum absolute atomic E-state index is 13.9. The first kappa shape index (κ1) is 20.2. The van der Waals surface area contributed by atoms with E-state index in [1.54, 1.807) is 30.2 Å². The van der Waals surface area contributed by atoms with Crippen LogP contribution >= 0.6 is 11.8 Å². The molecular formula is C21H22FNO4S. The summed E-state index contributed by atoms with van der Waals surface area (Å²) in [6.07, 6.45) is 1.78. The van der Waals surface area contributed by atoms with Crippen molar-refractivity contribution >= 4 is 23.6 Å². The van der Waals surface area contributed by atoms with E-state index < -0.39 is 5.97 Å². The summed E-state index contributed by atoms with van der Waals surface area (Å²) in [5.41, 5.74) is 0.462. The number of esters is 1. The van der Waals surface area contributed by atoms with Gasteiger partial charge in [0.05, 0.1) is 12.9 Å². The lowest BCUT2D eigenvalue weighted by Crippen LogP contribution is -2.36. The van der Waals surface area contributed by atoms with Crippen LogP contribution in [0.4, 0.5) is 4.39 Å². The summed E-state index contributed by atoms with van der Waals surface area (Å²) in [5.74, 6) is -0.248. The first-order chi connectivity index (χ1) is 13.6. The number of carbonyl (C=O) groups is 2. The zero-order chi connectivity index (χ0) is 19.9. The van der Waals surface area contributed by atoms with Crippen LogP contribution in [0.1, 0.15) is 18.4 Å². The summed E-state index contributed by atoms with van der Waals surface area (Å²) in [5, 5.41) is 0. The molecule has 2 aromatic carbocycles. The molecule has 0 aliphatic heterocycles. The Labute approximate surface area is 167 Å². The predicted molar refractivity (Wildman–Crippen MR) is 105 cm³/mol. The van der Waals surface area contributed by atoms with Crippen LogP contribution in [-0.2, 0) is 20.9 Å². The Balaban J connectivity index is 1.47. The van der Waals surface area contributed by atoms with Crippen LogP contribution in [0, 0.1) is 5.82 Å². The van der Waals surface area contributed by atoms with E-state index in [2.05, 4.69) is 0 Å². The number of amides is 1. The monoisotopic (exact) mass is 403 g/mol. The standard InChI is InChI=1S/C21H22FNO4S/c1-26-17-8-10-18(11-9-17)28-14-21(25)27-13-20(24)23(16-6-7-16)12-15-4-2-3-5-19(15)22/h2-5,8-11,16H,6-7,12-14H2,1H3. The number of rotatable bonds is 9. The number of methoxy groups -OCH3 is 1. The average molecular weight is 403 g/mol. The second-order valence-electron chi connectivity index (χ2n) is 6.47. The highest BCUT2D eigenvalue weighted by Gasteiger charge is 2.33. The quantitative estimate of drug-likeness (QED) is 0.472. The molecule has 0 heterocycles. The van der Waals surface area contributed by atoms with E-state index in [0.29, 0.717) is 5.56 Å². The first-order valence-corrected chi connectivity index (χ1v) is 10.0. The van der Waals surface area contributed by atoms with Crippen molar-refractivity contribution in [3.63, 3.8) is 0 Å². The number of nitrogens with zero attached hydrogens (tertiary/aromatic N) is 1. The van der Waals surface area contributed by atoms with Crippen molar-refractivity contribution in [3.8, 4) is 5.75 Å². The number of hydrogen-bond acceptors (Lipinski definition) is 5. The van der Waals surface area contributed by atoms with E-state index >= 15 is 0 Å². The minimum atomic E-state index is -0.462. The van der Waals surface area contributed by atoms with Crippen molar-refractivity contribution in [1.29, 1.82) is 0 Å². The lowest BCUT2D eigenvalue weighted by atomic mass is 10.2. The molecule has 148 valence electrons. The second kappa shape index (κ2) is 9.59. The first-order valence-electron chi connectivity index (χ1n) is 9.02. The summed E-state index contributed by atoms with van der Waals surface area (Å²) in [6.45, 7) is -0.138. The van der Waals surface area contributed by atoms with Gasteiger partial charge in [-0.05, 0) is 43.2 Å². The number of benzene rings is 2. The molecule has 1 saturated carbocycles. The summed E-state index contributed by atoms with van der Waals surface area (Å²) < 4.78 is 24.1. The molecule has 0 atom stereocenters. The highest BCUT2D eigenvalue weighted by molar-refractivity contribution is 8.00. The van der Waals surface area contributed by atoms with Crippen LogP contribution in [0.5, 0.6) is 5.75 Å². The molecule has 1 fully saturated rings. The molecule has 0 saturated heterocycles. The fourth-order valence-corrected chi connectivity index (χ4v) is 3.39. The van der Waals surface area contributed by atoms with E-state index in [1.807, 2.05) is 24.3 Å². The van der Waals surface area contributed by atoms with Gasteiger partial charge in [0.15, 0.2) is 6.61 Å². The van der Waals surface area contributed by atoms with E-state index in [0.717, 1.165) is 23.5 Å². The van der Waals surface area contributed by atoms with Gasteiger partial charge in [-0.1, -0.05) is 18.2 Å². The third kappa shape index (κ3) is 5.73. The molecule has 0 spiro atoms. The van der Waals surface area contributed by atoms with Gasteiger partial charge in [-0.15, -0.1) is 11.8 Å². The maximum atomic E-state index is 13.9. The molecule has 28 heavy (non-hydrogen) atoms. The van der Waals surface area contributed by atoms with E-state index in [-0.39, 0.29) is 36.7 Å². The molecule has 0 radical (unpaired) electrons. The van der Waals surface area contributed by atoms with Gasteiger partial charge in [0.1, 0.15) is 11.6 Å². The van der Waals surface area contributed by atoms with Crippen molar-refractivity contribution in [1.82, 2.24) is 4.90 Å². The van der Waals surface area contributed by atoms with Crippen LogP contribution in [0.15, 0.2) is 53.4 Å². The van der Waals surface area contributed by atoms with Gasteiger partial charge in [-0.25, -0.2) is 4.39 Å². The van der Waals surface area contributed by atoms with Crippen LogP contribution in [0.25, 0.3) is 0 Å². The Bertz CT molecular complexity index is 823. The Hall–Kier alpha value is -2.54. The predicted octanol–water partition coefficient (Wildman–Crippen LogP) is 3.66. The highest BCUT2D eigenvalue weighted by atomic mass is 32.2. The molecule has 5 nitrogen and oxygen atoms in total. The number of hydrogen-bond donors (Lipinski definition) is 0. The van der Waals surface area contributed by atoms with Gasteiger partial charge >= 0.3 is 5.97 Å². The summed E-state index contributed by atoms with van der Waals surface area (Å²) >= 11 is 1.33. The number of ether oxygens (including phenoxy) is 2. The van der Waals surface area contributed by atoms with Crippen molar-refractivity contribution < 1.29 is 23.5 Å². The van der Waals surface area contributed by atoms with Gasteiger partial charge in [0, 0.05) is 23.0 Å². The van der Waals surface area contributed by atoms with Crippen molar-refractivity contribution in [3.05, 3.63) is 59.9 Å². The van der Waals surface area contributed by atoms with Gasteiger partial charge in [-0.2, -0.15) is 0 Å². The lowest BCUT2D eigenvalue weighted by Gasteiger charge is -2.22. The van der Waals surface area contributed by atoms with Crippen molar-refractivity contribution in [2.45, 2.75) is 30.3 Å². The molecule has 1 aliphatic carbocycles. The van der Waals surface area contributed by atoms with E-state index in [1.165, 1.54) is 17.8 Å². The minimum Gasteiger partial charge on any atom is -0.497 e. The fraction of sp³-hybridized carbons (Fsp3) is 0.333. The Morgan fingerprint density at radius 2 is 1.86 bits per heavy atom. The lowest BCUT2D eigenvalue weighted by molar-refractivity contribution is -0.150. The molecule has 1 aliphatic rings. The minimum absolute atomic E-state index is 0.0967. The van der Waals surface area contributed by atoms with E-state index in [9.17, 15) is 14.0 Å². The Morgan fingerprint density at radius 3 is 2.50 bits per heavy atom. The molecule has 0 unspecified atom stereocenters.